The van der Waals surface area contributed by atoms with Gasteiger partial charge in [-0.2, -0.15) is 0 Å². The number of thiophene rings is 1. The first-order valence-electron chi connectivity index (χ1n) is 10.5. The average molecular weight is 399 g/mol. The summed E-state index contributed by atoms with van der Waals surface area (Å²) in [7, 11) is 0. The van der Waals surface area contributed by atoms with Gasteiger partial charge in [0.05, 0.1) is 18.8 Å². The van der Waals surface area contributed by atoms with E-state index in [1.165, 1.54) is 28.8 Å². The summed E-state index contributed by atoms with van der Waals surface area (Å²) < 4.78 is 5.49. The molecule has 1 aromatic carbocycles. The van der Waals surface area contributed by atoms with Crippen molar-refractivity contribution in [3.63, 3.8) is 0 Å². The van der Waals surface area contributed by atoms with Crippen molar-refractivity contribution in [3.05, 3.63) is 57.3 Å². The van der Waals surface area contributed by atoms with Crippen LogP contribution in [0.5, 0.6) is 0 Å². The van der Waals surface area contributed by atoms with Gasteiger partial charge in [-0.25, -0.2) is 0 Å². The molecule has 28 heavy (non-hydrogen) atoms. The molecular weight excluding hydrogens is 368 g/mol. The van der Waals surface area contributed by atoms with Crippen molar-refractivity contribution in [2.45, 2.75) is 45.2 Å². The molecule has 1 aliphatic heterocycles. The zero-order chi connectivity index (χ0) is 19.3. The summed E-state index contributed by atoms with van der Waals surface area (Å²) in [4.78, 5) is 19.6. The van der Waals surface area contributed by atoms with E-state index in [9.17, 15) is 4.79 Å². The number of hydrogen-bond acceptors (Lipinski definition) is 4. The minimum absolute atomic E-state index is 0.157. The van der Waals surface area contributed by atoms with Crippen molar-refractivity contribution in [2.75, 3.05) is 32.8 Å². The number of benzene rings is 1. The second-order valence-corrected chi connectivity index (χ2v) is 8.90. The standard InChI is InChI=1S/C23H30N2O2S/c1-18(15-24-11-13-27-14-12-24)25(16-19-7-3-2-4-8-19)23(26)21-17-28-22-10-6-5-9-20(21)22/h2-4,7-8,17-18H,5-6,9-16H2,1H3. The quantitative estimate of drug-likeness (QED) is 0.738. The number of nitrogens with zero attached hydrogens (tertiary/aromatic N) is 2. The number of ether oxygens (including phenoxy) is 1. The van der Waals surface area contributed by atoms with Crippen molar-refractivity contribution in [1.82, 2.24) is 9.80 Å². The maximum atomic E-state index is 13.7. The molecule has 150 valence electrons. The van der Waals surface area contributed by atoms with Crippen molar-refractivity contribution >= 4 is 17.2 Å². The summed E-state index contributed by atoms with van der Waals surface area (Å²) in [5, 5.41) is 2.11. The Labute approximate surface area is 172 Å². The fourth-order valence-electron chi connectivity index (χ4n) is 4.29. The van der Waals surface area contributed by atoms with Gasteiger partial charge >= 0.3 is 0 Å². The van der Waals surface area contributed by atoms with Crippen LogP contribution in [0.1, 0.15) is 46.1 Å². The molecule has 1 atom stereocenters. The third-order valence-corrected chi connectivity index (χ3v) is 7.00. The molecule has 2 heterocycles. The van der Waals surface area contributed by atoms with Crippen molar-refractivity contribution < 1.29 is 9.53 Å². The number of carbonyl (C=O) groups is 1. The molecule has 2 aliphatic rings. The summed E-state index contributed by atoms with van der Waals surface area (Å²) in [5.41, 5.74) is 3.45. The molecule has 4 nitrogen and oxygen atoms in total. The molecule has 1 amide bonds. The predicted octanol–water partition coefficient (Wildman–Crippen LogP) is 3.99. The monoisotopic (exact) mass is 398 g/mol. The van der Waals surface area contributed by atoms with Crippen LogP contribution in [0, 0.1) is 0 Å². The van der Waals surface area contributed by atoms with Gasteiger partial charge in [0.2, 0.25) is 0 Å². The zero-order valence-electron chi connectivity index (χ0n) is 16.7. The van der Waals surface area contributed by atoms with Crippen molar-refractivity contribution in [1.29, 1.82) is 0 Å². The van der Waals surface area contributed by atoms with Crippen LogP contribution >= 0.6 is 11.3 Å². The van der Waals surface area contributed by atoms with Crippen LogP contribution < -0.4 is 0 Å². The average Bonchev–Trinajstić information content (AvgIpc) is 3.17. The lowest BCUT2D eigenvalue weighted by Gasteiger charge is -2.35. The van der Waals surface area contributed by atoms with E-state index in [1.807, 2.05) is 6.07 Å². The van der Waals surface area contributed by atoms with Crippen LogP contribution in [-0.4, -0.2) is 54.6 Å². The highest BCUT2D eigenvalue weighted by Crippen LogP contribution is 2.31. The molecule has 2 aromatic rings. The van der Waals surface area contributed by atoms with Crippen LogP contribution in [-0.2, 0) is 24.1 Å². The summed E-state index contributed by atoms with van der Waals surface area (Å²) in [6.07, 6.45) is 4.64. The first-order chi connectivity index (χ1) is 13.7. The molecule has 0 N–H and O–H groups in total. The van der Waals surface area contributed by atoms with Crippen LogP contribution in [0.3, 0.4) is 0 Å². The summed E-state index contributed by atoms with van der Waals surface area (Å²) in [5.74, 6) is 0.198. The fourth-order valence-corrected chi connectivity index (χ4v) is 5.41. The number of fused-ring (bicyclic) bond motifs is 1. The fraction of sp³-hybridized carbons (Fsp3) is 0.522. The Bertz CT molecular complexity index is 783. The first kappa shape index (κ1) is 19.6. The highest BCUT2D eigenvalue weighted by molar-refractivity contribution is 7.10. The predicted molar refractivity (Wildman–Crippen MR) is 114 cm³/mol. The molecule has 1 fully saturated rings. The Morgan fingerprint density at radius 3 is 2.71 bits per heavy atom. The van der Waals surface area contributed by atoms with Crippen LogP contribution in [0.4, 0.5) is 0 Å². The SMILES string of the molecule is CC(CN1CCOCC1)N(Cc1ccccc1)C(=O)c1csc2c1CCCC2. The molecular formula is C23H30N2O2S. The molecule has 0 spiro atoms. The lowest BCUT2D eigenvalue weighted by atomic mass is 9.95. The van der Waals surface area contributed by atoms with Gasteiger partial charge in [-0.15, -0.1) is 11.3 Å². The molecule has 1 saturated heterocycles. The molecule has 5 heteroatoms. The number of morpholine rings is 1. The second-order valence-electron chi connectivity index (χ2n) is 7.94. The topological polar surface area (TPSA) is 32.8 Å². The number of hydrogen-bond donors (Lipinski definition) is 0. The third kappa shape index (κ3) is 4.48. The Hall–Kier alpha value is -1.69. The number of carbonyl (C=O) groups excluding carboxylic acids is 1. The van der Waals surface area contributed by atoms with Crippen molar-refractivity contribution in [3.8, 4) is 0 Å². The number of aryl methyl sites for hydroxylation is 1. The van der Waals surface area contributed by atoms with E-state index in [4.69, 9.17) is 4.74 Å². The molecule has 0 radical (unpaired) electrons. The van der Waals surface area contributed by atoms with E-state index in [1.54, 1.807) is 11.3 Å². The van der Waals surface area contributed by atoms with E-state index in [-0.39, 0.29) is 11.9 Å². The molecule has 0 bridgehead atoms. The largest absolute Gasteiger partial charge is 0.379 e. The summed E-state index contributed by atoms with van der Waals surface area (Å²) in [6, 6.07) is 10.5. The van der Waals surface area contributed by atoms with Gasteiger partial charge in [0.15, 0.2) is 0 Å². The molecule has 4 rings (SSSR count). The Balaban J connectivity index is 1.56. The highest BCUT2D eigenvalue weighted by Gasteiger charge is 2.28. The smallest absolute Gasteiger partial charge is 0.255 e. The normalized spacial score (nSPS) is 18.5. The second kappa shape index (κ2) is 9.21. The number of rotatable bonds is 6. The van der Waals surface area contributed by atoms with E-state index >= 15 is 0 Å². The molecule has 1 aromatic heterocycles. The van der Waals surface area contributed by atoms with Crippen LogP contribution in [0.2, 0.25) is 0 Å². The zero-order valence-corrected chi connectivity index (χ0v) is 17.5. The van der Waals surface area contributed by atoms with E-state index in [0.717, 1.165) is 51.3 Å². The molecule has 1 aliphatic carbocycles. The van der Waals surface area contributed by atoms with Crippen LogP contribution in [0.15, 0.2) is 35.7 Å². The van der Waals surface area contributed by atoms with Gasteiger partial charge < -0.3 is 9.64 Å². The molecule has 0 saturated carbocycles. The van der Waals surface area contributed by atoms with E-state index < -0.39 is 0 Å². The maximum absolute atomic E-state index is 13.7. The van der Waals surface area contributed by atoms with Gasteiger partial charge in [0, 0.05) is 42.5 Å². The third-order valence-electron chi connectivity index (χ3n) is 5.91. The van der Waals surface area contributed by atoms with Gasteiger partial charge in [-0.05, 0) is 43.7 Å². The maximum Gasteiger partial charge on any atom is 0.255 e. The van der Waals surface area contributed by atoms with Gasteiger partial charge in [0.25, 0.3) is 5.91 Å². The summed E-state index contributed by atoms with van der Waals surface area (Å²) in [6.45, 7) is 7.23. The Kier molecular flexibility index (Phi) is 6.45. The lowest BCUT2D eigenvalue weighted by molar-refractivity contribution is 0.0228. The van der Waals surface area contributed by atoms with Gasteiger partial charge in [0.1, 0.15) is 0 Å². The minimum atomic E-state index is 0.157. The summed E-state index contributed by atoms with van der Waals surface area (Å²) >= 11 is 1.78. The lowest BCUT2D eigenvalue weighted by Crippen LogP contribution is -2.48. The number of amides is 1. The molecule has 1 unspecified atom stereocenters. The van der Waals surface area contributed by atoms with Gasteiger partial charge in [-0.3, -0.25) is 9.69 Å². The van der Waals surface area contributed by atoms with Crippen LogP contribution in [0.25, 0.3) is 0 Å². The van der Waals surface area contributed by atoms with Crippen molar-refractivity contribution in [2.24, 2.45) is 0 Å². The van der Waals surface area contributed by atoms with Gasteiger partial charge in [-0.1, -0.05) is 30.3 Å². The van der Waals surface area contributed by atoms with E-state index in [0.29, 0.717) is 6.54 Å². The minimum Gasteiger partial charge on any atom is -0.379 e. The Morgan fingerprint density at radius 2 is 1.93 bits per heavy atom. The Morgan fingerprint density at radius 1 is 1.18 bits per heavy atom. The first-order valence-corrected chi connectivity index (χ1v) is 11.3. The van der Waals surface area contributed by atoms with E-state index in [2.05, 4.69) is 46.4 Å². The highest BCUT2D eigenvalue weighted by atomic mass is 32.1.